The van der Waals surface area contributed by atoms with Crippen molar-refractivity contribution in [1.29, 1.82) is 0 Å². The van der Waals surface area contributed by atoms with Crippen LogP contribution in [0.3, 0.4) is 0 Å². The molecule has 6 heteroatoms. The fraction of sp³-hybridized carbons (Fsp3) is 0.846. The van der Waals surface area contributed by atoms with E-state index in [4.69, 9.17) is 22.4 Å². The molecule has 0 unspecified atom stereocenters. The number of hydrogen-bond donors (Lipinski definition) is 4. The van der Waals surface area contributed by atoms with E-state index in [-0.39, 0.29) is 12.0 Å². The van der Waals surface area contributed by atoms with Gasteiger partial charge < -0.3 is 20.8 Å². The van der Waals surface area contributed by atoms with Crippen molar-refractivity contribution in [2.75, 3.05) is 19.7 Å². The van der Waals surface area contributed by atoms with Crippen LogP contribution in [0, 0.1) is 10.8 Å². The van der Waals surface area contributed by atoms with Gasteiger partial charge in [0.2, 0.25) is 0 Å². The summed E-state index contributed by atoms with van der Waals surface area (Å²) < 4.78 is 0. The summed E-state index contributed by atoms with van der Waals surface area (Å²) in [6, 6.07) is 0. The van der Waals surface area contributed by atoms with Crippen LogP contribution in [-0.2, 0) is 4.79 Å². The second kappa shape index (κ2) is 7.65. The second-order valence-electron chi connectivity index (χ2n) is 6.19. The number of carboxylic acids is 1. The summed E-state index contributed by atoms with van der Waals surface area (Å²) in [5.74, 6) is -0.808. The van der Waals surface area contributed by atoms with E-state index in [1.807, 2.05) is 13.8 Å². The van der Waals surface area contributed by atoms with E-state index in [0.29, 0.717) is 24.6 Å². The molecule has 112 valence electrons. The summed E-state index contributed by atoms with van der Waals surface area (Å²) in [5, 5.41) is 24.6. The van der Waals surface area contributed by atoms with Gasteiger partial charge in [-0.2, -0.15) is 0 Å². The van der Waals surface area contributed by atoms with Gasteiger partial charge in [-0.1, -0.05) is 13.8 Å². The number of nitrogens with one attached hydrogen (secondary N) is 2. The van der Waals surface area contributed by atoms with Gasteiger partial charge in [-0.3, -0.25) is 4.79 Å². The summed E-state index contributed by atoms with van der Waals surface area (Å²) >= 11 is 5.10. The molecule has 0 atom stereocenters. The molecule has 0 radical (unpaired) electrons. The fourth-order valence-corrected chi connectivity index (χ4v) is 1.46. The van der Waals surface area contributed by atoms with Crippen molar-refractivity contribution in [2.24, 2.45) is 10.8 Å². The summed E-state index contributed by atoms with van der Waals surface area (Å²) in [4.78, 5) is 10.9. The van der Waals surface area contributed by atoms with E-state index in [9.17, 15) is 4.79 Å². The van der Waals surface area contributed by atoms with Crippen LogP contribution in [0.1, 0.15) is 40.5 Å². The predicted octanol–water partition coefficient (Wildman–Crippen LogP) is 1.36. The molecule has 0 heterocycles. The zero-order chi connectivity index (χ0) is 15.1. The molecule has 0 bridgehead atoms. The van der Waals surface area contributed by atoms with Crippen LogP contribution in [0.25, 0.3) is 0 Å². The summed E-state index contributed by atoms with van der Waals surface area (Å²) in [6.45, 7) is 8.70. The van der Waals surface area contributed by atoms with Gasteiger partial charge in [0, 0.05) is 19.7 Å². The lowest BCUT2D eigenvalue weighted by Gasteiger charge is -2.22. The molecule has 0 fully saturated rings. The van der Waals surface area contributed by atoms with Gasteiger partial charge in [0.25, 0.3) is 0 Å². The van der Waals surface area contributed by atoms with Gasteiger partial charge in [-0.25, -0.2) is 0 Å². The van der Waals surface area contributed by atoms with E-state index in [1.165, 1.54) is 0 Å². The summed E-state index contributed by atoms with van der Waals surface area (Å²) in [7, 11) is 0. The Kier molecular flexibility index (Phi) is 7.29. The zero-order valence-electron chi connectivity index (χ0n) is 12.2. The molecule has 0 aliphatic rings. The number of carboxylic acid groups (broad SMARTS) is 1. The topological polar surface area (TPSA) is 81.6 Å². The van der Waals surface area contributed by atoms with Gasteiger partial charge in [-0.05, 0) is 44.3 Å². The Morgan fingerprint density at radius 2 is 1.58 bits per heavy atom. The van der Waals surface area contributed by atoms with E-state index >= 15 is 0 Å². The molecule has 0 rings (SSSR count). The van der Waals surface area contributed by atoms with Crippen LogP contribution in [0.5, 0.6) is 0 Å². The van der Waals surface area contributed by atoms with Crippen molar-refractivity contribution >= 4 is 23.3 Å². The minimum atomic E-state index is -0.808. The van der Waals surface area contributed by atoms with Crippen molar-refractivity contribution in [2.45, 2.75) is 40.5 Å². The molecular formula is C13H26N2O3S. The van der Waals surface area contributed by atoms with Crippen molar-refractivity contribution in [1.82, 2.24) is 10.6 Å². The smallest absolute Gasteiger partial charge is 0.309 e. The maximum absolute atomic E-state index is 10.9. The zero-order valence-corrected chi connectivity index (χ0v) is 13.1. The highest BCUT2D eigenvalue weighted by Crippen LogP contribution is 2.19. The number of carbonyl (C=O) groups is 1. The van der Waals surface area contributed by atoms with Crippen LogP contribution >= 0.6 is 12.2 Å². The van der Waals surface area contributed by atoms with Crippen molar-refractivity contribution in [3.63, 3.8) is 0 Å². The number of aliphatic hydroxyl groups is 1. The van der Waals surface area contributed by atoms with E-state index in [2.05, 4.69) is 10.6 Å². The standard InChI is InChI=1S/C13H26N2O3S/c1-12(2,9-16)5-7-14-11(19)15-8-6-13(3,4)10(17)18/h16H,5-9H2,1-4H3,(H,17,18)(H2,14,15,19). The number of aliphatic hydroxyl groups excluding tert-OH is 1. The lowest BCUT2D eigenvalue weighted by molar-refractivity contribution is -0.147. The van der Waals surface area contributed by atoms with Gasteiger partial charge in [0.1, 0.15) is 0 Å². The predicted molar refractivity (Wildman–Crippen MR) is 80.1 cm³/mol. The largest absolute Gasteiger partial charge is 0.481 e. The molecule has 19 heavy (non-hydrogen) atoms. The van der Waals surface area contributed by atoms with Gasteiger partial charge in [0.05, 0.1) is 5.41 Å². The second-order valence-corrected chi connectivity index (χ2v) is 6.60. The fourth-order valence-electron chi connectivity index (χ4n) is 1.25. The quantitative estimate of drug-likeness (QED) is 0.505. The number of aliphatic carboxylic acids is 1. The molecule has 4 N–H and O–H groups in total. The number of hydrogen-bond acceptors (Lipinski definition) is 3. The monoisotopic (exact) mass is 290 g/mol. The highest BCUT2D eigenvalue weighted by atomic mass is 32.1. The third-order valence-corrected chi connectivity index (χ3v) is 3.42. The third-order valence-electron chi connectivity index (χ3n) is 3.13. The third kappa shape index (κ3) is 8.00. The maximum atomic E-state index is 10.9. The molecule has 0 saturated carbocycles. The summed E-state index contributed by atoms with van der Waals surface area (Å²) in [5.41, 5.74) is -0.866. The van der Waals surface area contributed by atoms with Crippen LogP contribution in [-0.4, -0.2) is 41.0 Å². The SMILES string of the molecule is CC(C)(CO)CCNC(=S)NCCC(C)(C)C(=O)O. The normalized spacial score (nSPS) is 12.1. The lowest BCUT2D eigenvalue weighted by atomic mass is 9.90. The minimum Gasteiger partial charge on any atom is -0.481 e. The maximum Gasteiger partial charge on any atom is 0.309 e. The Morgan fingerprint density at radius 3 is 2.00 bits per heavy atom. The molecule has 0 aromatic heterocycles. The molecule has 5 nitrogen and oxygen atoms in total. The van der Waals surface area contributed by atoms with Gasteiger partial charge in [-0.15, -0.1) is 0 Å². The number of rotatable bonds is 8. The van der Waals surface area contributed by atoms with Crippen LogP contribution in [0.15, 0.2) is 0 Å². The molecule has 0 saturated heterocycles. The minimum absolute atomic E-state index is 0.117. The number of thiocarbonyl (C=S) groups is 1. The van der Waals surface area contributed by atoms with E-state index < -0.39 is 11.4 Å². The van der Waals surface area contributed by atoms with Crippen LogP contribution < -0.4 is 10.6 Å². The van der Waals surface area contributed by atoms with Crippen LogP contribution in [0.4, 0.5) is 0 Å². The van der Waals surface area contributed by atoms with Crippen molar-refractivity contribution in [3.05, 3.63) is 0 Å². The first-order valence-corrected chi connectivity index (χ1v) is 6.87. The lowest BCUT2D eigenvalue weighted by Crippen LogP contribution is -2.39. The Bertz CT molecular complexity index is 317. The molecule has 0 aliphatic heterocycles. The highest BCUT2D eigenvalue weighted by molar-refractivity contribution is 7.80. The Morgan fingerprint density at radius 1 is 1.11 bits per heavy atom. The average Bonchev–Trinajstić information content (AvgIpc) is 2.28. The first kappa shape index (κ1) is 18.1. The summed E-state index contributed by atoms with van der Waals surface area (Å²) in [6.07, 6.45) is 1.32. The molecule has 0 amide bonds. The molecule has 0 spiro atoms. The van der Waals surface area contributed by atoms with Gasteiger partial charge in [0.15, 0.2) is 5.11 Å². The van der Waals surface area contributed by atoms with Crippen molar-refractivity contribution in [3.8, 4) is 0 Å². The van der Waals surface area contributed by atoms with E-state index in [0.717, 1.165) is 6.42 Å². The Labute approximate surface area is 120 Å². The highest BCUT2D eigenvalue weighted by Gasteiger charge is 2.26. The Hall–Kier alpha value is -0.880. The first-order valence-electron chi connectivity index (χ1n) is 6.47. The molecule has 0 aromatic rings. The Balaban J connectivity index is 3.81. The molecule has 0 aliphatic carbocycles. The van der Waals surface area contributed by atoms with Gasteiger partial charge >= 0.3 is 5.97 Å². The average molecular weight is 290 g/mol. The first-order chi connectivity index (χ1) is 8.60. The van der Waals surface area contributed by atoms with Crippen molar-refractivity contribution < 1.29 is 15.0 Å². The molecule has 0 aromatic carbocycles. The van der Waals surface area contributed by atoms with Crippen LogP contribution in [0.2, 0.25) is 0 Å². The molecular weight excluding hydrogens is 264 g/mol. The van der Waals surface area contributed by atoms with E-state index in [1.54, 1.807) is 13.8 Å².